The first kappa shape index (κ1) is 13.8. The van der Waals surface area contributed by atoms with E-state index in [1.54, 1.807) is 14.1 Å². The van der Waals surface area contributed by atoms with Crippen molar-refractivity contribution >= 4 is 11.8 Å². The number of nitrogens with zero attached hydrogens (tertiary/aromatic N) is 1. The Bertz CT molecular complexity index is 457. The van der Waals surface area contributed by atoms with Gasteiger partial charge in [0.15, 0.2) is 11.5 Å². The summed E-state index contributed by atoms with van der Waals surface area (Å²) in [5.41, 5.74) is 0.264. The minimum atomic E-state index is -0.428. The number of carbonyl (C=O) groups is 2. The van der Waals surface area contributed by atoms with Gasteiger partial charge in [-0.3, -0.25) is 9.59 Å². The maximum Gasteiger partial charge on any atom is 0.251 e. The summed E-state index contributed by atoms with van der Waals surface area (Å²) in [6.07, 6.45) is 0. The summed E-state index contributed by atoms with van der Waals surface area (Å²) in [5.74, 6) is -0.468. The molecule has 0 saturated carbocycles. The van der Waals surface area contributed by atoms with Crippen molar-refractivity contribution in [2.45, 2.75) is 0 Å². The van der Waals surface area contributed by atoms with E-state index in [0.29, 0.717) is 0 Å². The van der Waals surface area contributed by atoms with Gasteiger partial charge in [0.05, 0.1) is 13.7 Å². The molecule has 2 amide bonds. The number of carbonyl (C=O) groups excluding carboxylic acids is 2. The molecule has 0 aromatic heterocycles. The topological polar surface area (TPSA) is 78.9 Å². The molecule has 0 fully saturated rings. The second kappa shape index (κ2) is 5.90. The minimum Gasteiger partial charge on any atom is -0.504 e. The molecule has 0 radical (unpaired) electrons. The molecule has 0 saturated heterocycles. The van der Waals surface area contributed by atoms with Crippen LogP contribution in [0.4, 0.5) is 0 Å². The minimum absolute atomic E-state index is 0.0847. The molecule has 0 bridgehead atoms. The average molecular weight is 252 g/mol. The first-order chi connectivity index (χ1) is 8.45. The van der Waals surface area contributed by atoms with E-state index in [0.717, 1.165) is 0 Å². The van der Waals surface area contributed by atoms with Crippen molar-refractivity contribution in [3.63, 3.8) is 0 Å². The lowest BCUT2D eigenvalue weighted by molar-refractivity contribution is -0.127. The fraction of sp³-hybridized carbons (Fsp3) is 0.333. The maximum absolute atomic E-state index is 11.7. The molecular formula is C12H16N2O4. The first-order valence-corrected chi connectivity index (χ1v) is 5.31. The van der Waals surface area contributed by atoms with E-state index in [1.165, 1.54) is 30.2 Å². The van der Waals surface area contributed by atoms with Crippen molar-refractivity contribution in [1.82, 2.24) is 10.2 Å². The number of methoxy groups -OCH3 is 1. The van der Waals surface area contributed by atoms with Crippen molar-refractivity contribution in [2.24, 2.45) is 0 Å². The third-order valence-corrected chi connectivity index (χ3v) is 2.34. The number of hydrogen-bond acceptors (Lipinski definition) is 4. The van der Waals surface area contributed by atoms with Gasteiger partial charge in [0.25, 0.3) is 5.91 Å². The molecule has 0 aliphatic heterocycles. The Morgan fingerprint density at radius 1 is 1.39 bits per heavy atom. The number of rotatable bonds is 4. The molecule has 1 rings (SSSR count). The summed E-state index contributed by atoms with van der Waals surface area (Å²) in [5, 5.41) is 12.0. The Labute approximate surface area is 105 Å². The zero-order valence-electron chi connectivity index (χ0n) is 10.6. The van der Waals surface area contributed by atoms with Crippen molar-refractivity contribution in [1.29, 1.82) is 0 Å². The van der Waals surface area contributed by atoms with Crippen LogP contribution in [-0.4, -0.2) is 49.6 Å². The molecule has 0 spiro atoms. The van der Waals surface area contributed by atoms with Gasteiger partial charge in [0, 0.05) is 19.7 Å². The van der Waals surface area contributed by atoms with E-state index in [2.05, 4.69) is 5.32 Å². The average Bonchev–Trinajstić information content (AvgIpc) is 2.35. The van der Waals surface area contributed by atoms with Gasteiger partial charge >= 0.3 is 0 Å². The Hall–Kier alpha value is -2.24. The number of aromatic hydroxyl groups is 1. The molecule has 6 nitrogen and oxygen atoms in total. The van der Waals surface area contributed by atoms with E-state index in [9.17, 15) is 14.7 Å². The zero-order chi connectivity index (χ0) is 13.7. The fourth-order valence-corrected chi connectivity index (χ4v) is 1.25. The normalized spacial score (nSPS) is 9.72. The van der Waals surface area contributed by atoms with Gasteiger partial charge in [0.1, 0.15) is 0 Å². The smallest absolute Gasteiger partial charge is 0.251 e. The lowest BCUT2D eigenvalue weighted by Gasteiger charge is -2.11. The van der Waals surface area contributed by atoms with Crippen molar-refractivity contribution in [3.05, 3.63) is 23.8 Å². The number of hydrogen-bond donors (Lipinski definition) is 2. The van der Waals surface area contributed by atoms with E-state index in [1.807, 2.05) is 0 Å². The van der Waals surface area contributed by atoms with Crippen molar-refractivity contribution < 1.29 is 19.4 Å². The van der Waals surface area contributed by atoms with Crippen LogP contribution in [0.25, 0.3) is 0 Å². The largest absolute Gasteiger partial charge is 0.504 e. The third kappa shape index (κ3) is 3.38. The highest BCUT2D eigenvalue weighted by Gasteiger charge is 2.11. The number of amides is 2. The van der Waals surface area contributed by atoms with E-state index in [-0.39, 0.29) is 29.5 Å². The van der Waals surface area contributed by atoms with E-state index in [4.69, 9.17) is 4.74 Å². The standard InChI is InChI=1S/C12H16N2O4/c1-14(2)11(16)7-13-12(17)8-4-5-10(18-3)9(15)6-8/h4-6,15H,7H2,1-3H3,(H,13,17). The van der Waals surface area contributed by atoms with Crippen molar-refractivity contribution in [2.75, 3.05) is 27.7 Å². The van der Waals surface area contributed by atoms with Crippen LogP contribution in [0.3, 0.4) is 0 Å². The summed E-state index contributed by atoms with van der Waals surface area (Å²) in [6.45, 7) is -0.0847. The molecular weight excluding hydrogens is 236 g/mol. The molecule has 98 valence electrons. The predicted octanol–water partition coefficient (Wildman–Crippen LogP) is 0.219. The van der Waals surface area contributed by atoms with Gasteiger partial charge in [-0.15, -0.1) is 0 Å². The Kier molecular flexibility index (Phi) is 4.53. The molecule has 0 atom stereocenters. The molecule has 1 aromatic carbocycles. The van der Waals surface area contributed by atoms with Gasteiger partial charge in [-0.1, -0.05) is 0 Å². The second-order valence-electron chi connectivity index (χ2n) is 3.86. The number of phenolic OH excluding ortho intramolecular Hbond substituents is 1. The molecule has 6 heteroatoms. The summed E-state index contributed by atoms with van der Waals surface area (Å²) < 4.78 is 4.87. The van der Waals surface area contributed by atoms with Gasteiger partial charge in [-0.05, 0) is 18.2 Å². The molecule has 0 aliphatic rings. The van der Waals surface area contributed by atoms with Gasteiger partial charge in [0.2, 0.25) is 5.91 Å². The van der Waals surface area contributed by atoms with E-state index < -0.39 is 5.91 Å². The molecule has 1 aromatic rings. The summed E-state index contributed by atoms with van der Waals surface area (Å²) in [6, 6.07) is 4.28. The zero-order valence-corrected chi connectivity index (χ0v) is 10.6. The number of phenols is 1. The monoisotopic (exact) mass is 252 g/mol. The van der Waals surface area contributed by atoms with Crippen molar-refractivity contribution in [3.8, 4) is 11.5 Å². The maximum atomic E-state index is 11.7. The van der Waals surface area contributed by atoms with Gasteiger partial charge in [-0.25, -0.2) is 0 Å². The van der Waals surface area contributed by atoms with Crippen LogP contribution >= 0.6 is 0 Å². The highest BCUT2D eigenvalue weighted by atomic mass is 16.5. The highest BCUT2D eigenvalue weighted by molar-refractivity contribution is 5.96. The molecule has 0 heterocycles. The lowest BCUT2D eigenvalue weighted by atomic mass is 10.2. The highest BCUT2D eigenvalue weighted by Crippen LogP contribution is 2.25. The van der Waals surface area contributed by atoms with Crippen LogP contribution in [0, 0.1) is 0 Å². The first-order valence-electron chi connectivity index (χ1n) is 5.31. The molecule has 0 unspecified atom stereocenters. The van der Waals surface area contributed by atoms with Crippen LogP contribution in [0.15, 0.2) is 18.2 Å². The fourth-order valence-electron chi connectivity index (χ4n) is 1.25. The quantitative estimate of drug-likeness (QED) is 0.803. The summed E-state index contributed by atoms with van der Waals surface area (Å²) >= 11 is 0. The van der Waals surface area contributed by atoms with Crippen LogP contribution in [0.2, 0.25) is 0 Å². The van der Waals surface area contributed by atoms with Gasteiger partial charge < -0.3 is 20.1 Å². The number of likely N-dealkylation sites (N-methyl/N-ethyl adjacent to an activating group) is 1. The summed E-state index contributed by atoms with van der Waals surface area (Å²) in [7, 11) is 4.63. The molecule has 18 heavy (non-hydrogen) atoms. The Balaban J connectivity index is 2.68. The van der Waals surface area contributed by atoms with Crippen LogP contribution in [0.1, 0.15) is 10.4 Å². The van der Waals surface area contributed by atoms with Crippen LogP contribution in [0.5, 0.6) is 11.5 Å². The van der Waals surface area contributed by atoms with Gasteiger partial charge in [-0.2, -0.15) is 0 Å². The number of nitrogens with one attached hydrogen (secondary N) is 1. The SMILES string of the molecule is COc1ccc(C(=O)NCC(=O)N(C)C)cc1O. The second-order valence-corrected chi connectivity index (χ2v) is 3.86. The van der Waals surface area contributed by atoms with Crippen LogP contribution < -0.4 is 10.1 Å². The molecule has 2 N–H and O–H groups in total. The third-order valence-electron chi connectivity index (χ3n) is 2.34. The number of ether oxygens (including phenoxy) is 1. The molecule has 0 aliphatic carbocycles. The lowest BCUT2D eigenvalue weighted by Crippen LogP contribution is -2.36. The van der Waals surface area contributed by atoms with E-state index >= 15 is 0 Å². The Morgan fingerprint density at radius 2 is 2.06 bits per heavy atom. The van der Waals surface area contributed by atoms with Crippen LogP contribution in [-0.2, 0) is 4.79 Å². The summed E-state index contributed by atoms with van der Waals surface area (Å²) in [4.78, 5) is 24.4. The predicted molar refractivity (Wildman–Crippen MR) is 65.7 cm³/mol. The number of benzene rings is 1. The Morgan fingerprint density at radius 3 is 2.56 bits per heavy atom.